The quantitative estimate of drug-likeness (QED) is 0.0413. The van der Waals surface area contributed by atoms with E-state index in [-0.39, 0.29) is 25.2 Å². The van der Waals surface area contributed by atoms with Gasteiger partial charge < -0.3 is 14.6 Å². The Labute approximate surface area is 307 Å². The van der Waals surface area contributed by atoms with Crippen molar-refractivity contribution in [3.05, 3.63) is 97.2 Å². The molecule has 1 N–H and O–H groups in total. The minimum Gasteiger partial charge on any atom is -0.462 e. The Bertz CT molecular complexity index is 1010. The normalized spacial score (nSPS) is 13.3. The molecule has 1 atom stereocenters. The minimum atomic E-state index is -0.803. The fraction of sp³-hybridized carbons (Fsp3) is 0.600. The van der Waals surface area contributed by atoms with Crippen molar-refractivity contribution >= 4 is 11.9 Å². The van der Waals surface area contributed by atoms with E-state index in [9.17, 15) is 14.7 Å². The molecule has 5 nitrogen and oxygen atoms in total. The van der Waals surface area contributed by atoms with E-state index in [1.54, 1.807) is 0 Å². The third kappa shape index (κ3) is 37.6. The van der Waals surface area contributed by atoms with Crippen LogP contribution in [0.5, 0.6) is 0 Å². The number of aliphatic hydroxyl groups excluding tert-OH is 1. The van der Waals surface area contributed by atoms with Crippen LogP contribution in [0.2, 0.25) is 0 Å². The van der Waals surface area contributed by atoms with Gasteiger partial charge in [0.2, 0.25) is 0 Å². The molecule has 0 saturated heterocycles. The van der Waals surface area contributed by atoms with Crippen LogP contribution in [0.25, 0.3) is 0 Å². The first kappa shape index (κ1) is 46.8. The van der Waals surface area contributed by atoms with Gasteiger partial charge in [0.1, 0.15) is 6.61 Å². The summed E-state index contributed by atoms with van der Waals surface area (Å²) < 4.78 is 10.6. The van der Waals surface area contributed by atoms with Crippen molar-refractivity contribution < 1.29 is 24.2 Å². The summed E-state index contributed by atoms with van der Waals surface area (Å²) in [5.74, 6) is -0.664. The largest absolute Gasteiger partial charge is 0.462 e. The van der Waals surface area contributed by atoms with E-state index in [1.807, 2.05) is 0 Å². The summed E-state index contributed by atoms with van der Waals surface area (Å²) >= 11 is 0. The van der Waals surface area contributed by atoms with Crippen molar-refractivity contribution in [2.45, 2.75) is 161 Å². The van der Waals surface area contributed by atoms with Crippen molar-refractivity contribution in [3.8, 4) is 0 Å². The number of ether oxygens (including phenoxy) is 2. The number of carbonyl (C=O) groups is 2. The number of carbonyl (C=O) groups excluding carboxylic acids is 2. The molecule has 282 valence electrons. The molecule has 0 aromatic carbocycles. The molecule has 0 heterocycles. The first-order valence-electron chi connectivity index (χ1n) is 19.8. The van der Waals surface area contributed by atoms with E-state index in [0.29, 0.717) is 12.8 Å². The molecule has 0 radical (unpaired) electrons. The molecule has 0 rings (SSSR count). The number of allylic oxidation sites excluding steroid dienone is 16. The molecular formula is C45H72O5. The average molecular weight is 693 g/mol. The fourth-order valence-corrected chi connectivity index (χ4v) is 4.88. The molecule has 5 heteroatoms. The van der Waals surface area contributed by atoms with Crippen LogP contribution in [-0.2, 0) is 19.1 Å². The molecule has 0 aromatic rings. The number of aliphatic hydroxyl groups is 1. The lowest BCUT2D eigenvalue weighted by Gasteiger charge is -2.15. The van der Waals surface area contributed by atoms with Gasteiger partial charge in [0.15, 0.2) is 6.10 Å². The highest BCUT2D eigenvalue weighted by molar-refractivity contribution is 5.70. The molecule has 0 unspecified atom stereocenters. The molecule has 50 heavy (non-hydrogen) atoms. The van der Waals surface area contributed by atoms with Crippen molar-refractivity contribution in [2.24, 2.45) is 0 Å². The standard InChI is InChI=1S/C45H72O5/c1-3-5-7-9-11-13-15-17-19-21-22-24-25-27-29-31-33-35-37-39-44(47)49-42-43(41-46)50-45(48)40-38-36-34-32-30-28-26-23-20-18-16-14-12-10-8-6-4-2/h5,7,11-14,17-20,22,24,26-29,43,46H,3-4,6,8-10,15-16,21,23,25,30-42H2,1-2H3/b7-5-,13-11-,14-12-,19-17-,20-18-,24-22-,28-26-,29-27-/t43-/m0/s1. The lowest BCUT2D eigenvalue weighted by molar-refractivity contribution is -0.161. The first-order valence-corrected chi connectivity index (χ1v) is 19.8. The molecule has 0 fully saturated rings. The molecule has 0 aliphatic rings. The van der Waals surface area contributed by atoms with E-state index in [4.69, 9.17) is 9.47 Å². The van der Waals surface area contributed by atoms with Crippen LogP contribution >= 0.6 is 0 Å². The van der Waals surface area contributed by atoms with Crippen LogP contribution in [0, 0.1) is 0 Å². The molecule has 0 aliphatic heterocycles. The van der Waals surface area contributed by atoms with Crippen LogP contribution < -0.4 is 0 Å². The van der Waals surface area contributed by atoms with Gasteiger partial charge in [-0.2, -0.15) is 0 Å². The van der Waals surface area contributed by atoms with Gasteiger partial charge in [-0.15, -0.1) is 0 Å². The van der Waals surface area contributed by atoms with E-state index >= 15 is 0 Å². The third-order valence-corrected chi connectivity index (χ3v) is 7.86. The Hall–Kier alpha value is -3.18. The second kappa shape index (κ2) is 40.3. The first-order chi connectivity index (χ1) is 24.6. The van der Waals surface area contributed by atoms with Crippen molar-refractivity contribution in [2.75, 3.05) is 13.2 Å². The summed E-state index contributed by atoms with van der Waals surface area (Å²) in [5.41, 5.74) is 0. The molecule has 0 saturated carbocycles. The molecule has 0 spiro atoms. The van der Waals surface area contributed by atoms with Gasteiger partial charge in [-0.3, -0.25) is 9.59 Å². The minimum absolute atomic E-state index is 0.0988. The number of hydrogen-bond acceptors (Lipinski definition) is 5. The number of hydrogen-bond donors (Lipinski definition) is 1. The Morgan fingerprint density at radius 3 is 1.30 bits per heavy atom. The maximum absolute atomic E-state index is 12.2. The zero-order chi connectivity index (χ0) is 36.4. The summed E-state index contributed by atoms with van der Waals surface area (Å²) in [6, 6.07) is 0. The number of unbranched alkanes of at least 4 members (excludes halogenated alkanes) is 10. The van der Waals surface area contributed by atoms with Crippen LogP contribution in [-0.4, -0.2) is 36.4 Å². The predicted molar refractivity (Wildman–Crippen MR) is 214 cm³/mol. The van der Waals surface area contributed by atoms with Crippen LogP contribution in [0.15, 0.2) is 97.2 Å². The maximum Gasteiger partial charge on any atom is 0.306 e. The Kier molecular flexibility index (Phi) is 37.7. The van der Waals surface area contributed by atoms with Gasteiger partial charge in [-0.1, -0.05) is 143 Å². The van der Waals surface area contributed by atoms with Gasteiger partial charge in [0.25, 0.3) is 0 Å². The fourth-order valence-electron chi connectivity index (χ4n) is 4.88. The summed E-state index contributed by atoms with van der Waals surface area (Å²) in [4.78, 5) is 24.3. The van der Waals surface area contributed by atoms with Crippen molar-refractivity contribution in [1.29, 1.82) is 0 Å². The van der Waals surface area contributed by atoms with Crippen molar-refractivity contribution in [1.82, 2.24) is 0 Å². The maximum atomic E-state index is 12.2. The van der Waals surface area contributed by atoms with Crippen LogP contribution in [0.4, 0.5) is 0 Å². The SMILES string of the molecule is CC/C=C\C/C=C\C/C=C\C/C=C\C/C=C\CCCCCC(=O)OC[C@H](CO)OC(=O)CCCCCC/C=C\C/C=C\C/C=C\CCCCC. The second-order valence-corrected chi connectivity index (χ2v) is 12.6. The van der Waals surface area contributed by atoms with Crippen molar-refractivity contribution in [3.63, 3.8) is 0 Å². The highest BCUT2D eigenvalue weighted by atomic mass is 16.6. The zero-order valence-electron chi connectivity index (χ0n) is 31.9. The Balaban J connectivity index is 3.72. The topological polar surface area (TPSA) is 72.8 Å². The molecule has 0 amide bonds. The van der Waals surface area contributed by atoms with E-state index < -0.39 is 6.10 Å². The van der Waals surface area contributed by atoms with Gasteiger partial charge in [0, 0.05) is 12.8 Å². The lowest BCUT2D eigenvalue weighted by Crippen LogP contribution is -2.28. The van der Waals surface area contributed by atoms with E-state index in [0.717, 1.165) is 103 Å². The van der Waals surface area contributed by atoms with Crippen LogP contribution in [0.1, 0.15) is 155 Å². The predicted octanol–water partition coefficient (Wildman–Crippen LogP) is 12.5. The van der Waals surface area contributed by atoms with E-state index in [1.165, 1.54) is 25.7 Å². The Morgan fingerprint density at radius 2 is 0.860 bits per heavy atom. The summed E-state index contributed by atoms with van der Waals surface area (Å²) in [7, 11) is 0. The van der Waals surface area contributed by atoms with E-state index in [2.05, 4.69) is 111 Å². The Morgan fingerprint density at radius 1 is 0.480 bits per heavy atom. The third-order valence-electron chi connectivity index (χ3n) is 7.86. The highest BCUT2D eigenvalue weighted by Crippen LogP contribution is 2.10. The van der Waals surface area contributed by atoms with Gasteiger partial charge in [-0.25, -0.2) is 0 Å². The monoisotopic (exact) mass is 693 g/mol. The molecule has 0 aliphatic carbocycles. The number of esters is 2. The molecular weight excluding hydrogens is 620 g/mol. The van der Waals surface area contributed by atoms with Gasteiger partial charge >= 0.3 is 11.9 Å². The summed E-state index contributed by atoms with van der Waals surface area (Å²) in [5, 5.41) is 9.55. The zero-order valence-corrected chi connectivity index (χ0v) is 31.9. The molecule has 0 aromatic heterocycles. The van der Waals surface area contributed by atoms with Gasteiger partial charge in [0.05, 0.1) is 6.61 Å². The summed E-state index contributed by atoms with van der Waals surface area (Å²) in [6.45, 7) is 3.93. The number of rotatable bonds is 34. The molecule has 0 bridgehead atoms. The lowest BCUT2D eigenvalue weighted by atomic mass is 10.1. The average Bonchev–Trinajstić information content (AvgIpc) is 3.12. The highest BCUT2D eigenvalue weighted by Gasteiger charge is 2.16. The van der Waals surface area contributed by atoms with Crippen LogP contribution in [0.3, 0.4) is 0 Å². The van der Waals surface area contributed by atoms with Gasteiger partial charge in [-0.05, 0) is 96.3 Å². The second-order valence-electron chi connectivity index (χ2n) is 12.6. The summed E-state index contributed by atoms with van der Waals surface area (Å²) in [6.07, 6.45) is 56.0. The smallest absolute Gasteiger partial charge is 0.306 e.